The van der Waals surface area contributed by atoms with E-state index in [2.05, 4.69) is 4.98 Å². The largest absolute Gasteiger partial charge is 0.384 e. The van der Waals surface area contributed by atoms with Crippen molar-refractivity contribution in [2.24, 2.45) is 0 Å². The average molecular weight is 383 g/mol. The van der Waals surface area contributed by atoms with Gasteiger partial charge in [0.05, 0.1) is 0 Å². The predicted octanol–water partition coefficient (Wildman–Crippen LogP) is 5.86. The van der Waals surface area contributed by atoms with Crippen LogP contribution >= 0.6 is 23.2 Å². The topological polar surface area (TPSA) is 40.9 Å². The van der Waals surface area contributed by atoms with Gasteiger partial charge in [0.25, 0.3) is 0 Å². The number of aromatic amines is 1. The molecule has 4 rings (SSSR count). The smallest absolute Gasteiger partial charge is 0.108 e. The Bertz CT molecular complexity index is 1020. The van der Waals surface area contributed by atoms with Crippen molar-refractivity contribution in [3.05, 3.63) is 101 Å². The molecular weight excluding hydrogens is 367 g/mol. The molecule has 0 aliphatic carbocycles. The molecule has 0 aliphatic rings. The maximum Gasteiger partial charge on any atom is 0.108 e. The van der Waals surface area contributed by atoms with Gasteiger partial charge in [0.2, 0.25) is 0 Å². The van der Waals surface area contributed by atoms with E-state index in [-0.39, 0.29) is 0 Å². The molecule has 0 saturated carbocycles. The van der Waals surface area contributed by atoms with Crippen LogP contribution in [0.1, 0.15) is 17.2 Å². The molecule has 0 saturated heterocycles. The van der Waals surface area contributed by atoms with Crippen molar-refractivity contribution in [2.75, 3.05) is 0 Å². The Morgan fingerprint density at radius 3 is 2.31 bits per heavy atom. The van der Waals surface area contributed by atoms with Crippen LogP contribution in [0.5, 0.6) is 0 Å². The Hall–Kier alpha value is -2.46. The zero-order valence-electron chi connectivity index (χ0n) is 13.7. The molecule has 2 aromatic heterocycles. The van der Waals surface area contributed by atoms with Gasteiger partial charge in [0, 0.05) is 57.2 Å². The van der Waals surface area contributed by atoms with Crippen molar-refractivity contribution in [1.29, 1.82) is 0 Å². The summed E-state index contributed by atoms with van der Waals surface area (Å²) in [6.45, 7) is 0. The van der Waals surface area contributed by atoms with Gasteiger partial charge in [0.1, 0.15) is 6.10 Å². The van der Waals surface area contributed by atoms with Crippen LogP contribution in [0.25, 0.3) is 16.8 Å². The molecule has 2 aromatic carbocycles. The third kappa shape index (κ3) is 3.17. The van der Waals surface area contributed by atoms with E-state index in [0.717, 1.165) is 22.4 Å². The fourth-order valence-electron chi connectivity index (χ4n) is 3.06. The summed E-state index contributed by atoms with van der Waals surface area (Å²) in [5, 5.41) is 11.8. The molecule has 0 fully saturated rings. The second-order valence-corrected chi connectivity index (χ2v) is 6.87. The van der Waals surface area contributed by atoms with Crippen LogP contribution < -0.4 is 0 Å². The molecule has 130 valence electrons. The van der Waals surface area contributed by atoms with Crippen molar-refractivity contribution in [1.82, 2.24) is 9.55 Å². The summed E-state index contributed by atoms with van der Waals surface area (Å²) < 4.78 is 2.05. The number of nitrogens with one attached hydrogen (secondary N) is 1. The van der Waals surface area contributed by atoms with E-state index in [1.54, 1.807) is 24.4 Å². The minimum absolute atomic E-state index is 0.445. The molecular formula is C21H16Cl2N2O. The number of H-pyrrole nitrogens is 1. The molecule has 2 heterocycles. The molecule has 0 amide bonds. The first-order valence-electron chi connectivity index (χ1n) is 8.17. The number of aromatic nitrogens is 2. The number of aliphatic hydroxyl groups is 1. The summed E-state index contributed by atoms with van der Waals surface area (Å²) in [7, 11) is 0. The number of hydrogen-bond acceptors (Lipinski definition) is 1. The standard InChI is InChI=1S/C21H16Cl2N2O/c22-15-5-8-17(20(23)11-15)21(26)19-13-24-12-18(19)14-3-6-16(7-4-14)25-9-1-2-10-25/h1-13,21,24,26H. The zero-order valence-corrected chi connectivity index (χ0v) is 15.2. The first-order valence-corrected chi connectivity index (χ1v) is 8.92. The molecule has 4 aromatic rings. The fourth-order valence-corrected chi connectivity index (χ4v) is 3.57. The number of rotatable bonds is 4. The molecule has 1 atom stereocenters. The van der Waals surface area contributed by atoms with E-state index in [9.17, 15) is 5.11 Å². The van der Waals surface area contributed by atoms with Crippen LogP contribution in [-0.2, 0) is 0 Å². The third-order valence-corrected chi connectivity index (χ3v) is 4.97. The van der Waals surface area contributed by atoms with Gasteiger partial charge >= 0.3 is 0 Å². The molecule has 0 bridgehead atoms. The highest BCUT2D eigenvalue weighted by Crippen LogP contribution is 2.35. The lowest BCUT2D eigenvalue weighted by Gasteiger charge is -2.14. The Kier molecular flexibility index (Phi) is 4.60. The zero-order chi connectivity index (χ0) is 18.1. The number of hydrogen-bond donors (Lipinski definition) is 2. The summed E-state index contributed by atoms with van der Waals surface area (Å²) in [5.74, 6) is 0. The SMILES string of the molecule is OC(c1ccc(Cl)cc1Cl)c1c[nH]cc1-c1ccc(-n2cccc2)cc1. The van der Waals surface area contributed by atoms with Crippen LogP contribution in [-0.4, -0.2) is 14.7 Å². The fraction of sp³-hybridized carbons (Fsp3) is 0.0476. The number of aliphatic hydroxyl groups excluding tert-OH is 1. The van der Waals surface area contributed by atoms with Gasteiger partial charge in [-0.1, -0.05) is 41.4 Å². The Labute approximate surface area is 161 Å². The number of benzene rings is 2. The van der Waals surface area contributed by atoms with E-state index in [4.69, 9.17) is 23.2 Å². The summed E-state index contributed by atoms with van der Waals surface area (Å²) in [5.41, 5.74) is 4.42. The highest BCUT2D eigenvalue weighted by Gasteiger charge is 2.19. The maximum absolute atomic E-state index is 10.8. The lowest BCUT2D eigenvalue weighted by atomic mass is 9.96. The summed E-state index contributed by atoms with van der Waals surface area (Å²) in [6.07, 6.45) is 6.84. The van der Waals surface area contributed by atoms with Crippen LogP contribution in [0.4, 0.5) is 0 Å². The lowest BCUT2D eigenvalue weighted by molar-refractivity contribution is 0.221. The van der Waals surface area contributed by atoms with Crippen molar-refractivity contribution in [3.8, 4) is 16.8 Å². The van der Waals surface area contributed by atoms with Crippen molar-refractivity contribution in [2.45, 2.75) is 6.10 Å². The van der Waals surface area contributed by atoms with Crippen molar-refractivity contribution in [3.63, 3.8) is 0 Å². The molecule has 5 heteroatoms. The van der Waals surface area contributed by atoms with Crippen molar-refractivity contribution < 1.29 is 5.11 Å². The van der Waals surface area contributed by atoms with Gasteiger partial charge in [-0.05, 0) is 42.0 Å². The van der Waals surface area contributed by atoms with Gasteiger partial charge in [-0.2, -0.15) is 0 Å². The molecule has 0 aliphatic heterocycles. The predicted molar refractivity (Wildman–Crippen MR) is 106 cm³/mol. The summed E-state index contributed by atoms with van der Waals surface area (Å²) >= 11 is 12.2. The molecule has 0 spiro atoms. The van der Waals surface area contributed by atoms with Gasteiger partial charge in [-0.3, -0.25) is 0 Å². The summed E-state index contributed by atoms with van der Waals surface area (Å²) in [4.78, 5) is 3.09. The normalized spacial score (nSPS) is 12.3. The van der Waals surface area contributed by atoms with E-state index < -0.39 is 6.10 Å². The lowest BCUT2D eigenvalue weighted by Crippen LogP contribution is -2.01. The van der Waals surface area contributed by atoms with Crippen LogP contribution in [0.15, 0.2) is 79.4 Å². The highest BCUT2D eigenvalue weighted by atomic mass is 35.5. The quantitative estimate of drug-likeness (QED) is 0.455. The Morgan fingerprint density at radius 2 is 1.62 bits per heavy atom. The minimum atomic E-state index is -0.842. The molecule has 26 heavy (non-hydrogen) atoms. The van der Waals surface area contributed by atoms with E-state index in [1.807, 2.05) is 59.6 Å². The molecule has 1 unspecified atom stereocenters. The molecule has 3 nitrogen and oxygen atoms in total. The molecule has 0 radical (unpaired) electrons. The average Bonchev–Trinajstić information content (AvgIpc) is 3.33. The maximum atomic E-state index is 10.8. The van der Waals surface area contributed by atoms with Gasteiger partial charge in [-0.25, -0.2) is 0 Å². The number of nitrogens with zero attached hydrogens (tertiary/aromatic N) is 1. The Balaban J connectivity index is 1.68. The second-order valence-electron chi connectivity index (χ2n) is 6.03. The van der Waals surface area contributed by atoms with Gasteiger partial charge < -0.3 is 14.7 Å². The summed E-state index contributed by atoms with van der Waals surface area (Å²) in [6, 6.07) is 17.3. The van der Waals surface area contributed by atoms with E-state index >= 15 is 0 Å². The van der Waals surface area contributed by atoms with Gasteiger partial charge in [-0.15, -0.1) is 0 Å². The van der Waals surface area contributed by atoms with E-state index in [0.29, 0.717) is 15.6 Å². The first kappa shape index (κ1) is 17.0. The third-order valence-electron chi connectivity index (χ3n) is 4.41. The minimum Gasteiger partial charge on any atom is -0.384 e. The highest BCUT2D eigenvalue weighted by molar-refractivity contribution is 6.35. The van der Waals surface area contributed by atoms with Crippen molar-refractivity contribution >= 4 is 23.2 Å². The van der Waals surface area contributed by atoms with E-state index in [1.165, 1.54) is 0 Å². The molecule has 2 N–H and O–H groups in total. The van der Waals surface area contributed by atoms with Gasteiger partial charge in [0.15, 0.2) is 0 Å². The van der Waals surface area contributed by atoms with Crippen LogP contribution in [0.2, 0.25) is 10.0 Å². The van der Waals surface area contributed by atoms with Crippen LogP contribution in [0, 0.1) is 0 Å². The van der Waals surface area contributed by atoms with Crippen LogP contribution in [0.3, 0.4) is 0 Å². The first-order chi connectivity index (χ1) is 12.6. The monoisotopic (exact) mass is 382 g/mol. The number of halogens is 2. The Morgan fingerprint density at radius 1 is 0.885 bits per heavy atom. The second kappa shape index (κ2) is 7.04.